The molecule has 0 saturated heterocycles. The van der Waals surface area contributed by atoms with Crippen LogP contribution in [0.2, 0.25) is 0 Å². The normalized spacial score (nSPS) is 10.5. The Morgan fingerprint density at radius 1 is 1.16 bits per heavy atom. The molecule has 3 rings (SSSR count). The van der Waals surface area contributed by atoms with Crippen LogP contribution < -0.4 is 9.64 Å². The Kier molecular flexibility index (Phi) is 5.14. The molecule has 2 aromatic carbocycles. The fraction of sp³-hybridized carbons (Fsp3) is 0.200. The Morgan fingerprint density at radius 3 is 2.56 bits per heavy atom. The molecule has 4 nitrogen and oxygen atoms in total. The van der Waals surface area contributed by atoms with Crippen molar-refractivity contribution in [2.24, 2.45) is 0 Å². The minimum absolute atomic E-state index is 0.0218. The number of amides is 1. The van der Waals surface area contributed by atoms with Gasteiger partial charge in [0, 0.05) is 5.38 Å². The van der Waals surface area contributed by atoms with E-state index in [0.717, 1.165) is 28.3 Å². The highest BCUT2D eigenvalue weighted by atomic mass is 32.1. The fourth-order valence-electron chi connectivity index (χ4n) is 2.61. The number of para-hydroxylation sites is 1. The number of hydrogen-bond donors (Lipinski definition) is 0. The maximum Gasteiger partial charge on any atom is 0.237 e. The third-order valence-electron chi connectivity index (χ3n) is 3.89. The largest absolute Gasteiger partial charge is 0.496 e. The van der Waals surface area contributed by atoms with Gasteiger partial charge in [-0.05, 0) is 43.2 Å². The smallest absolute Gasteiger partial charge is 0.237 e. The maximum atomic E-state index is 13.1. The zero-order chi connectivity index (χ0) is 17.8. The van der Waals surface area contributed by atoms with E-state index in [4.69, 9.17) is 4.74 Å². The van der Waals surface area contributed by atoms with Gasteiger partial charge in [0.25, 0.3) is 0 Å². The third-order valence-corrected chi connectivity index (χ3v) is 4.83. The molecule has 5 heteroatoms. The summed E-state index contributed by atoms with van der Waals surface area (Å²) < 4.78 is 5.37. The van der Waals surface area contributed by atoms with Gasteiger partial charge in [0.15, 0.2) is 5.13 Å². The number of thiazole rings is 1. The number of anilines is 2. The first kappa shape index (κ1) is 17.2. The number of aromatic nitrogens is 1. The highest BCUT2D eigenvalue weighted by molar-refractivity contribution is 7.14. The van der Waals surface area contributed by atoms with E-state index in [0.29, 0.717) is 5.13 Å². The first-order valence-electron chi connectivity index (χ1n) is 8.02. The molecule has 3 aromatic rings. The monoisotopic (exact) mass is 352 g/mol. The number of benzene rings is 2. The van der Waals surface area contributed by atoms with Crippen LogP contribution in [0.15, 0.2) is 53.9 Å². The summed E-state index contributed by atoms with van der Waals surface area (Å²) in [5, 5.41) is 2.64. The van der Waals surface area contributed by atoms with Gasteiger partial charge in [-0.3, -0.25) is 9.69 Å². The van der Waals surface area contributed by atoms with E-state index in [-0.39, 0.29) is 12.3 Å². The molecule has 0 unspecified atom stereocenters. The molecule has 0 N–H and O–H groups in total. The number of methoxy groups -OCH3 is 1. The van der Waals surface area contributed by atoms with Crippen LogP contribution >= 0.6 is 11.3 Å². The fourth-order valence-corrected chi connectivity index (χ4v) is 3.45. The summed E-state index contributed by atoms with van der Waals surface area (Å²) in [6.45, 7) is 3.91. The van der Waals surface area contributed by atoms with E-state index in [2.05, 4.69) is 4.98 Å². The Bertz CT molecular complexity index is 874. The second-order valence-corrected chi connectivity index (χ2v) is 6.65. The molecule has 128 valence electrons. The lowest BCUT2D eigenvalue weighted by Gasteiger charge is -2.20. The van der Waals surface area contributed by atoms with Crippen molar-refractivity contribution in [3.05, 3.63) is 70.7 Å². The molecule has 0 bridgehead atoms. The molecule has 0 saturated carbocycles. The van der Waals surface area contributed by atoms with Crippen molar-refractivity contribution < 1.29 is 9.53 Å². The molecule has 1 aromatic heterocycles. The van der Waals surface area contributed by atoms with Crippen LogP contribution in [-0.2, 0) is 11.2 Å². The van der Waals surface area contributed by atoms with Crippen molar-refractivity contribution >= 4 is 28.1 Å². The summed E-state index contributed by atoms with van der Waals surface area (Å²) in [5.74, 6) is 0.771. The Balaban J connectivity index is 1.92. The van der Waals surface area contributed by atoms with Gasteiger partial charge >= 0.3 is 0 Å². The van der Waals surface area contributed by atoms with Crippen LogP contribution in [0, 0.1) is 13.8 Å². The standard InChI is InChI=1S/C20H20N2O2S/c1-14-9-10-16(11-18(14)24-3)12-19(23)22(17-7-5-4-6-8-17)20-21-15(2)13-25-20/h4-11,13H,12H2,1-3H3. The van der Waals surface area contributed by atoms with Crippen LogP contribution in [0.25, 0.3) is 0 Å². The number of aryl methyl sites for hydroxylation is 2. The lowest BCUT2D eigenvalue weighted by Crippen LogP contribution is -2.27. The predicted molar refractivity (Wildman–Crippen MR) is 102 cm³/mol. The minimum Gasteiger partial charge on any atom is -0.496 e. The van der Waals surface area contributed by atoms with Gasteiger partial charge < -0.3 is 4.74 Å². The molecule has 1 amide bonds. The van der Waals surface area contributed by atoms with Gasteiger partial charge in [-0.15, -0.1) is 11.3 Å². The molecular formula is C20H20N2O2S. The molecule has 0 aliphatic rings. The second kappa shape index (κ2) is 7.49. The Hall–Kier alpha value is -2.66. The predicted octanol–water partition coefficient (Wildman–Crippen LogP) is 4.68. The van der Waals surface area contributed by atoms with Crippen LogP contribution in [-0.4, -0.2) is 18.0 Å². The number of carbonyl (C=O) groups excluding carboxylic acids is 1. The van der Waals surface area contributed by atoms with Crippen LogP contribution in [0.3, 0.4) is 0 Å². The highest BCUT2D eigenvalue weighted by Gasteiger charge is 2.21. The quantitative estimate of drug-likeness (QED) is 0.670. The molecule has 0 aliphatic heterocycles. The van der Waals surface area contributed by atoms with Crippen molar-refractivity contribution in [2.75, 3.05) is 12.0 Å². The molecular weight excluding hydrogens is 332 g/mol. The van der Waals surface area contributed by atoms with E-state index >= 15 is 0 Å². The lowest BCUT2D eigenvalue weighted by atomic mass is 10.1. The number of hydrogen-bond acceptors (Lipinski definition) is 4. The summed E-state index contributed by atoms with van der Waals surface area (Å²) >= 11 is 1.47. The van der Waals surface area contributed by atoms with Gasteiger partial charge in [-0.1, -0.05) is 30.3 Å². The maximum absolute atomic E-state index is 13.1. The van der Waals surface area contributed by atoms with E-state index in [1.807, 2.05) is 67.8 Å². The average molecular weight is 352 g/mol. The number of nitrogens with zero attached hydrogens (tertiary/aromatic N) is 2. The molecule has 0 atom stereocenters. The lowest BCUT2D eigenvalue weighted by molar-refractivity contribution is -0.117. The van der Waals surface area contributed by atoms with Crippen molar-refractivity contribution in [2.45, 2.75) is 20.3 Å². The van der Waals surface area contributed by atoms with Gasteiger partial charge in [0.2, 0.25) is 5.91 Å². The Labute approximate surface area is 151 Å². The summed E-state index contributed by atoms with van der Waals surface area (Å²) in [5.41, 5.74) is 3.70. The first-order valence-corrected chi connectivity index (χ1v) is 8.90. The van der Waals surface area contributed by atoms with Crippen LogP contribution in [0.5, 0.6) is 5.75 Å². The molecule has 0 spiro atoms. The second-order valence-electron chi connectivity index (χ2n) is 5.82. The van der Waals surface area contributed by atoms with Crippen molar-refractivity contribution in [1.29, 1.82) is 0 Å². The summed E-state index contributed by atoms with van der Waals surface area (Å²) in [4.78, 5) is 19.2. The number of ether oxygens (including phenoxy) is 1. The van der Waals surface area contributed by atoms with Gasteiger partial charge in [-0.2, -0.15) is 0 Å². The van der Waals surface area contributed by atoms with Gasteiger partial charge in [0.1, 0.15) is 5.75 Å². The first-order chi connectivity index (χ1) is 12.1. The van der Waals surface area contributed by atoms with Crippen LogP contribution in [0.1, 0.15) is 16.8 Å². The molecule has 25 heavy (non-hydrogen) atoms. The van der Waals surface area contributed by atoms with Crippen molar-refractivity contribution in [1.82, 2.24) is 4.98 Å². The Morgan fingerprint density at radius 2 is 1.92 bits per heavy atom. The van der Waals surface area contributed by atoms with Crippen molar-refractivity contribution in [3.63, 3.8) is 0 Å². The van der Waals surface area contributed by atoms with Gasteiger partial charge in [0.05, 0.1) is 24.9 Å². The number of rotatable bonds is 5. The minimum atomic E-state index is -0.0218. The molecule has 0 fully saturated rings. The molecule has 0 radical (unpaired) electrons. The highest BCUT2D eigenvalue weighted by Crippen LogP contribution is 2.29. The summed E-state index contributed by atoms with van der Waals surface area (Å²) in [6, 6.07) is 15.5. The van der Waals surface area contributed by atoms with E-state index < -0.39 is 0 Å². The molecule has 1 heterocycles. The zero-order valence-electron chi connectivity index (χ0n) is 14.5. The zero-order valence-corrected chi connectivity index (χ0v) is 15.3. The van der Waals surface area contributed by atoms with Crippen molar-refractivity contribution in [3.8, 4) is 5.75 Å². The van der Waals surface area contributed by atoms with Gasteiger partial charge in [-0.25, -0.2) is 4.98 Å². The summed E-state index contributed by atoms with van der Waals surface area (Å²) in [6.07, 6.45) is 0.282. The number of carbonyl (C=O) groups is 1. The van der Waals surface area contributed by atoms with Crippen LogP contribution in [0.4, 0.5) is 10.8 Å². The van der Waals surface area contributed by atoms with E-state index in [1.165, 1.54) is 11.3 Å². The molecule has 0 aliphatic carbocycles. The van der Waals surface area contributed by atoms with E-state index in [9.17, 15) is 4.79 Å². The summed E-state index contributed by atoms with van der Waals surface area (Å²) in [7, 11) is 1.64. The van der Waals surface area contributed by atoms with E-state index in [1.54, 1.807) is 12.0 Å². The topological polar surface area (TPSA) is 42.4 Å². The SMILES string of the molecule is COc1cc(CC(=O)N(c2ccccc2)c2nc(C)cs2)ccc1C. The third kappa shape index (κ3) is 3.88. The average Bonchev–Trinajstić information content (AvgIpc) is 3.03.